The molecule has 3 nitrogen and oxygen atoms in total. The number of fused-ring (bicyclic) bond motifs is 1. The summed E-state index contributed by atoms with van der Waals surface area (Å²) >= 11 is 1.73. The topological polar surface area (TPSA) is 38.7 Å². The Kier molecular flexibility index (Phi) is 3.29. The van der Waals surface area contributed by atoms with Crippen LogP contribution in [0.3, 0.4) is 0 Å². The van der Waals surface area contributed by atoms with Crippen LogP contribution in [-0.2, 0) is 4.74 Å². The maximum Gasteiger partial charge on any atom is 0.345 e. The number of carbonyl (C=O) groups is 1. The van der Waals surface area contributed by atoms with Crippen molar-refractivity contribution in [2.24, 2.45) is 4.99 Å². The highest BCUT2D eigenvalue weighted by Crippen LogP contribution is 2.20. The number of carbonyl (C=O) groups excluding carboxylic acids is 1. The minimum absolute atomic E-state index is 0.156. The van der Waals surface area contributed by atoms with Crippen molar-refractivity contribution in [3.8, 4) is 0 Å². The van der Waals surface area contributed by atoms with E-state index < -0.39 is 0 Å². The van der Waals surface area contributed by atoms with E-state index in [1.807, 2.05) is 31.4 Å². The Bertz CT molecular complexity index is 442. The molecule has 16 heavy (non-hydrogen) atoms. The van der Waals surface area contributed by atoms with Gasteiger partial charge in [0.15, 0.2) is 0 Å². The minimum atomic E-state index is -0.300. The first-order valence-corrected chi connectivity index (χ1v) is 6.50. The quantitative estimate of drug-likeness (QED) is 0.755. The van der Waals surface area contributed by atoms with E-state index in [0.717, 1.165) is 11.3 Å². The van der Waals surface area contributed by atoms with E-state index in [-0.39, 0.29) is 12.0 Å². The maximum atomic E-state index is 11.5. The third-order valence-corrected chi connectivity index (χ3v) is 3.13. The number of ether oxygens (including phenoxy) is 1. The molecule has 0 fully saturated rings. The van der Waals surface area contributed by atoms with Gasteiger partial charge in [-0.25, -0.2) is 9.79 Å². The molecule has 1 aromatic rings. The van der Waals surface area contributed by atoms with Gasteiger partial charge in [-0.1, -0.05) is 12.1 Å². The van der Waals surface area contributed by atoms with Crippen LogP contribution in [0.5, 0.6) is 0 Å². The molecule has 0 bridgehead atoms. The largest absolute Gasteiger partial charge is 0.404 e. The zero-order valence-electron chi connectivity index (χ0n) is 9.27. The fraction of sp³-hybridized carbons (Fsp3) is 0.333. The van der Waals surface area contributed by atoms with Crippen molar-refractivity contribution in [2.45, 2.75) is 13.0 Å². The number of benzene rings is 1. The third-order valence-electron chi connectivity index (χ3n) is 2.31. The lowest BCUT2D eigenvalue weighted by Crippen LogP contribution is -2.09. The minimum Gasteiger partial charge on any atom is -0.404 e. The van der Waals surface area contributed by atoms with E-state index in [4.69, 9.17) is 4.74 Å². The molecule has 2 rings (SSSR count). The third kappa shape index (κ3) is 2.11. The number of aliphatic imine (C=N–C) groups is 1. The number of thioether (sulfide) groups is 1. The van der Waals surface area contributed by atoms with Crippen molar-refractivity contribution in [3.05, 3.63) is 35.4 Å². The Morgan fingerprint density at radius 1 is 1.38 bits per heavy atom. The van der Waals surface area contributed by atoms with Gasteiger partial charge in [0.1, 0.15) is 0 Å². The second-order valence-electron chi connectivity index (χ2n) is 3.67. The summed E-state index contributed by atoms with van der Waals surface area (Å²) in [6.07, 6.45) is 2.03. The van der Waals surface area contributed by atoms with Crippen molar-refractivity contribution >= 4 is 23.6 Å². The number of esters is 1. The Morgan fingerprint density at radius 2 is 2.06 bits per heavy atom. The first kappa shape index (κ1) is 11.2. The SMILES string of the molecule is CSCC(C)/N=C1/OC(=O)c2ccccc21. The van der Waals surface area contributed by atoms with Crippen LogP contribution in [0.25, 0.3) is 0 Å². The van der Waals surface area contributed by atoms with Gasteiger partial charge in [0.25, 0.3) is 0 Å². The smallest absolute Gasteiger partial charge is 0.345 e. The summed E-state index contributed by atoms with van der Waals surface area (Å²) < 4.78 is 5.15. The summed E-state index contributed by atoms with van der Waals surface area (Å²) in [4.78, 5) is 15.9. The number of hydrogen-bond donors (Lipinski definition) is 0. The molecule has 1 aliphatic heterocycles. The molecular weight excluding hydrogens is 222 g/mol. The van der Waals surface area contributed by atoms with Crippen molar-refractivity contribution < 1.29 is 9.53 Å². The van der Waals surface area contributed by atoms with Gasteiger partial charge in [-0.15, -0.1) is 0 Å². The number of hydrogen-bond acceptors (Lipinski definition) is 4. The van der Waals surface area contributed by atoms with Gasteiger partial charge in [0, 0.05) is 5.75 Å². The molecule has 0 aliphatic carbocycles. The van der Waals surface area contributed by atoms with Crippen LogP contribution in [0.15, 0.2) is 29.3 Å². The molecule has 1 unspecified atom stereocenters. The summed E-state index contributed by atoms with van der Waals surface area (Å²) in [5.74, 6) is 1.08. The van der Waals surface area contributed by atoms with Gasteiger partial charge in [-0.05, 0) is 25.3 Å². The summed E-state index contributed by atoms with van der Waals surface area (Å²) in [7, 11) is 0. The Morgan fingerprint density at radius 3 is 2.75 bits per heavy atom. The molecule has 0 radical (unpaired) electrons. The second-order valence-corrected chi connectivity index (χ2v) is 4.58. The van der Waals surface area contributed by atoms with E-state index in [0.29, 0.717) is 11.5 Å². The number of nitrogens with zero attached hydrogens (tertiary/aromatic N) is 1. The van der Waals surface area contributed by atoms with Crippen LogP contribution < -0.4 is 0 Å². The lowest BCUT2D eigenvalue weighted by molar-refractivity contribution is 0.0736. The molecule has 0 spiro atoms. The van der Waals surface area contributed by atoms with Gasteiger partial charge >= 0.3 is 5.97 Å². The van der Waals surface area contributed by atoms with E-state index in [1.54, 1.807) is 17.8 Å². The number of rotatable bonds is 3. The van der Waals surface area contributed by atoms with Gasteiger partial charge in [-0.2, -0.15) is 11.8 Å². The van der Waals surface area contributed by atoms with E-state index in [9.17, 15) is 4.79 Å². The molecule has 4 heteroatoms. The molecular formula is C12H13NO2S. The van der Waals surface area contributed by atoms with Crippen LogP contribution in [0.4, 0.5) is 0 Å². The summed E-state index contributed by atoms with van der Waals surface area (Å²) in [6, 6.07) is 7.50. The van der Waals surface area contributed by atoms with Crippen molar-refractivity contribution in [1.29, 1.82) is 0 Å². The number of cyclic esters (lactones) is 1. The van der Waals surface area contributed by atoms with Crippen LogP contribution in [0.1, 0.15) is 22.8 Å². The van der Waals surface area contributed by atoms with E-state index >= 15 is 0 Å². The zero-order chi connectivity index (χ0) is 11.5. The second kappa shape index (κ2) is 4.70. The van der Waals surface area contributed by atoms with Crippen LogP contribution in [0, 0.1) is 0 Å². The molecule has 1 aromatic carbocycles. The van der Waals surface area contributed by atoms with E-state index in [2.05, 4.69) is 4.99 Å². The highest BCUT2D eigenvalue weighted by Gasteiger charge is 2.27. The van der Waals surface area contributed by atoms with Crippen LogP contribution >= 0.6 is 11.8 Å². The molecule has 0 saturated heterocycles. The predicted octanol–water partition coefficient (Wildman–Crippen LogP) is 2.36. The highest BCUT2D eigenvalue weighted by molar-refractivity contribution is 7.98. The lowest BCUT2D eigenvalue weighted by Gasteiger charge is -2.04. The van der Waals surface area contributed by atoms with Gasteiger partial charge in [0.2, 0.25) is 5.90 Å². The summed E-state index contributed by atoms with van der Waals surface area (Å²) in [6.45, 7) is 2.01. The first-order valence-electron chi connectivity index (χ1n) is 5.10. The van der Waals surface area contributed by atoms with Gasteiger partial charge < -0.3 is 4.74 Å². The first-order chi connectivity index (χ1) is 7.72. The summed E-state index contributed by atoms with van der Waals surface area (Å²) in [5.41, 5.74) is 1.41. The van der Waals surface area contributed by atoms with Gasteiger partial charge in [-0.3, -0.25) is 0 Å². The normalized spacial score (nSPS) is 18.4. The van der Waals surface area contributed by atoms with Crippen molar-refractivity contribution in [2.75, 3.05) is 12.0 Å². The molecule has 1 atom stereocenters. The van der Waals surface area contributed by atoms with Crippen molar-refractivity contribution in [3.63, 3.8) is 0 Å². The molecule has 0 saturated carbocycles. The predicted molar refractivity (Wildman–Crippen MR) is 66.2 cm³/mol. The Balaban J connectivity index is 2.30. The average molecular weight is 235 g/mol. The fourth-order valence-corrected chi connectivity index (χ4v) is 2.18. The molecule has 84 valence electrons. The fourth-order valence-electron chi connectivity index (χ4n) is 1.62. The monoisotopic (exact) mass is 235 g/mol. The van der Waals surface area contributed by atoms with Crippen LogP contribution in [-0.4, -0.2) is 29.9 Å². The zero-order valence-corrected chi connectivity index (χ0v) is 10.1. The molecule has 1 aliphatic rings. The standard InChI is InChI=1S/C12H13NO2S/c1-8(7-16-2)13-11-9-5-3-4-6-10(9)12(14)15-11/h3-6,8H,7H2,1-2H3/b13-11+. The van der Waals surface area contributed by atoms with Crippen molar-refractivity contribution in [1.82, 2.24) is 0 Å². The molecule has 0 N–H and O–H groups in total. The molecule has 1 heterocycles. The lowest BCUT2D eigenvalue weighted by atomic mass is 10.1. The van der Waals surface area contributed by atoms with E-state index in [1.165, 1.54) is 0 Å². The Labute approximate surface area is 98.9 Å². The van der Waals surface area contributed by atoms with Gasteiger partial charge in [0.05, 0.1) is 17.2 Å². The maximum absolute atomic E-state index is 11.5. The van der Waals surface area contributed by atoms with Crippen LogP contribution in [0.2, 0.25) is 0 Å². The molecule has 0 aromatic heterocycles. The molecule has 0 amide bonds. The highest BCUT2D eigenvalue weighted by atomic mass is 32.2. The Hall–Kier alpha value is -1.29. The summed E-state index contributed by atoms with van der Waals surface area (Å²) in [5, 5.41) is 0. The average Bonchev–Trinajstić information content (AvgIpc) is 2.57.